The zero-order valence-electron chi connectivity index (χ0n) is 32.8. The number of likely N-dealkylation sites (N-methyl/N-ethyl adjacent to an activating group) is 1. The second-order valence-electron chi connectivity index (χ2n) is 15.4. The molecule has 2 heterocycles. The Bertz CT molecular complexity index is 1230. The van der Waals surface area contributed by atoms with Crippen LogP contribution in [0, 0.1) is 23.7 Å². The zero-order chi connectivity index (χ0) is 37.7. The normalized spacial score (nSPS) is 24.4. The van der Waals surface area contributed by atoms with E-state index in [1.807, 2.05) is 56.9 Å². The predicted molar refractivity (Wildman–Crippen MR) is 202 cm³/mol. The van der Waals surface area contributed by atoms with Gasteiger partial charge in [0, 0.05) is 34.4 Å². The van der Waals surface area contributed by atoms with E-state index in [0.29, 0.717) is 13.1 Å². The van der Waals surface area contributed by atoms with Gasteiger partial charge in [0.05, 0.1) is 42.2 Å². The van der Waals surface area contributed by atoms with E-state index in [-0.39, 0.29) is 53.8 Å². The third-order valence-electron chi connectivity index (χ3n) is 11.4. The summed E-state index contributed by atoms with van der Waals surface area (Å²) < 4.78 is 12.0. The molecule has 1 unspecified atom stereocenters. The lowest BCUT2D eigenvalue weighted by atomic mass is 9.88. The van der Waals surface area contributed by atoms with Crippen LogP contribution in [0.15, 0.2) is 36.5 Å². The van der Waals surface area contributed by atoms with Gasteiger partial charge in [0.15, 0.2) is 0 Å². The lowest BCUT2D eigenvalue weighted by Gasteiger charge is -2.41. The molecule has 1 aliphatic carbocycles. The molecule has 0 spiro atoms. The van der Waals surface area contributed by atoms with Crippen molar-refractivity contribution in [3.8, 4) is 0 Å². The quantitative estimate of drug-likeness (QED) is 0.192. The third kappa shape index (κ3) is 11.2. The molecule has 288 valence electrons. The van der Waals surface area contributed by atoms with Gasteiger partial charge in [-0.15, -0.1) is 0 Å². The van der Waals surface area contributed by atoms with E-state index in [2.05, 4.69) is 41.9 Å². The lowest BCUT2D eigenvalue weighted by molar-refractivity contribution is -0.148. The minimum absolute atomic E-state index is 0.0165. The van der Waals surface area contributed by atoms with Crippen molar-refractivity contribution < 1.29 is 28.7 Å². The number of hydrogen-bond donors (Lipinski definition) is 3. The van der Waals surface area contributed by atoms with Crippen LogP contribution in [-0.2, 0) is 28.7 Å². The van der Waals surface area contributed by atoms with Crippen molar-refractivity contribution in [1.82, 2.24) is 25.8 Å². The number of ether oxygens (including phenoxy) is 2. The number of methoxy groups -OCH3 is 2. The number of nitrogens with zero attached hydrogens (tertiary/aromatic N) is 2. The summed E-state index contributed by atoms with van der Waals surface area (Å²) in [5, 5.41) is 9.50. The summed E-state index contributed by atoms with van der Waals surface area (Å²) >= 11 is 0. The van der Waals surface area contributed by atoms with Crippen LogP contribution in [0.2, 0.25) is 0 Å². The molecule has 3 rings (SSSR count). The van der Waals surface area contributed by atoms with Crippen molar-refractivity contribution in [2.45, 2.75) is 129 Å². The number of piperidine rings is 1. The van der Waals surface area contributed by atoms with Crippen LogP contribution in [0.25, 0.3) is 0 Å². The first-order valence-corrected chi connectivity index (χ1v) is 19.3. The Kier molecular flexibility index (Phi) is 16.9. The van der Waals surface area contributed by atoms with Gasteiger partial charge in [-0.25, -0.2) is 0 Å². The summed E-state index contributed by atoms with van der Waals surface area (Å²) in [5.74, 6) is -0.860. The van der Waals surface area contributed by atoms with E-state index in [0.717, 1.165) is 51.5 Å². The van der Waals surface area contributed by atoms with Crippen LogP contribution < -0.4 is 16.0 Å². The fraction of sp³-hybridized carbons (Fsp3) is 0.750. The first kappa shape index (κ1) is 42.4. The molecule has 0 aromatic carbocycles. The Hall–Kier alpha value is -3.02. The molecule has 0 aromatic heterocycles. The van der Waals surface area contributed by atoms with Crippen LogP contribution in [-0.4, -0.2) is 110 Å². The summed E-state index contributed by atoms with van der Waals surface area (Å²) in [5.41, 5.74) is -0.714. The molecule has 2 fully saturated rings. The number of rotatable bonds is 18. The molecule has 3 N–H and O–H groups in total. The van der Waals surface area contributed by atoms with Crippen LogP contribution in [0.1, 0.15) is 92.9 Å². The summed E-state index contributed by atoms with van der Waals surface area (Å²) in [4.78, 5) is 58.6. The van der Waals surface area contributed by atoms with Gasteiger partial charge < -0.3 is 35.2 Å². The Morgan fingerprint density at radius 3 is 2.25 bits per heavy atom. The van der Waals surface area contributed by atoms with Gasteiger partial charge >= 0.3 is 0 Å². The fourth-order valence-electron chi connectivity index (χ4n) is 7.91. The topological polar surface area (TPSA) is 129 Å². The van der Waals surface area contributed by atoms with Gasteiger partial charge in [0.2, 0.25) is 23.6 Å². The highest BCUT2D eigenvalue weighted by Gasteiger charge is 2.43. The maximum Gasteiger partial charge on any atom is 0.245 e. The summed E-state index contributed by atoms with van der Waals surface area (Å²) in [6.07, 6.45) is 17.1. The number of nitrogens with one attached hydrogen (secondary N) is 3. The molecule has 0 bridgehead atoms. The van der Waals surface area contributed by atoms with Gasteiger partial charge in [0.25, 0.3) is 0 Å². The average Bonchev–Trinajstić information content (AvgIpc) is 3.45. The van der Waals surface area contributed by atoms with Crippen molar-refractivity contribution in [2.75, 3.05) is 40.9 Å². The summed E-state index contributed by atoms with van der Waals surface area (Å²) in [6.45, 7) is 13.7. The van der Waals surface area contributed by atoms with Gasteiger partial charge in [-0.2, -0.15) is 0 Å². The van der Waals surface area contributed by atoms with Gasteiger partial charge in [-0.3, -0.25) is 19.2 Å². The molecule has 0 radical (unpaired) electrons. The van der Waals surface area contributed by atoms with E-state index >= 15 is 0 Å². The van der Waals surface area contributed by atoms with Crippen molar-refractivity contribution in [3.63, 3.8) is 0 Å². The first-order chi connectivity index (χ1) is 24.3. The summed E-state index contributed by atoms with van der Waals surface area (Å²) in [6, 6.07) is -1.38. The molecule has 4 amide bonds. The Morgan fingerprint density at radius 1 is 1.00 bits per heavy atom. The maximum atomic E-state index is 14.2. The average molecular weight is 714 g/mol. The molecule has 11 nitrogen and oxygen atoms in total. The Balaban J connectivity index is 1.70. The second-order valence-corrected chi connectivity index (χ2v) is 15.4. The van der Waals surface area contributed by atoms with Gasteiger partial charge in [0.1, 0.15) is 6.04 Å². The van der Waals surface area contributed by atoms with E-state index in [4.69, 9.17) is 9.47 Å². The molecule has 51 heavy (non-hydrogen) atoms. The molecule has 11 heteroatoms. The number of likely N-dealkylation sites (tertiary alicyclic amines) is 1. The fourth-order valence-corrected chi connectivity index (χ4v) is 7.91. The van der Waals surface area contributed by atoms with Crippen molar-refractivity contribution in [2.24, 2.45) is 23.7 Å². The molecule has 0 aromatic rings. The minimum Gasteiger partial charge on any atom is -0.379 e. The smallest absolute Gasteiger partial charge is 0.245 e. The number of hydrogen-bond acceptors (Lipinski definition) is 7. The van der Waals surface area contributed by atoms with Crippen LogP contribution in [0.3, 0.4) is 0 Å². The minimum atomic E-state index is -0.724. The Labute approximate surface area is 307 Å². The van der Waals surface area contributed by atoms with Crippen LogP contribution >= 0.6 is 0 Å². The molecular weight excluding hydrogens is 646 g/mol. The van der Waals surface area contributed by atoms with E-state index in [9.17, 15) is 19.2 Å². The van der Waals surface area contributed by atoms with Gasteiger partial charge in [-0.05, 0) is 69.7 Å². The van der Waals surface area contributed by atoms with Crippen LogP contribution in [0.5, 0.6) is 0 Å². The molecule has 2 saturated heterocycles. The second kappa shape index (κ2) is 20.3. The molecule has 3 aliphatic rings. The van der Waals surface area contributed by atoms with Gasteiger partial charge in [-0.1, -0.05) is 77.5 Å². The largest absolute Gasteiger partial charge is 0.379 e. The molecule has 0 saturated carbocycles. The molecule has 8 atom stereocenters. The SMILES string of the molecule is CC[C@H](C)[C@@H]([C@@H](CC(=O)N1CCC[C@H]1[C@H](OC)[C@@H](C)C(=O)NCCC1C=CC=CC=C1)OC)N(C)C(=O)[C@@H](NC(=O)C1(C)CCCCN1)C(C)C. The predicted octanol–water partition coefficient (Wildman–Crippen LogP) is 4.38. The monoisotopic (exact) mass is 714 g/mol. The third-order valence-corrected chi connectivity index (χ3v) is 11.4. The number of allylic oxidation sites excluding steroid dienone is 6. The van der Waals surface area contributed by atoms with E-state index in [1.54, 1.807) is 26.2 Å². The lowest BCUT2D eigenvalue weighted by Crippen LogP contribution is -2.63. The highest BCUT2D eigenvalue weighted by Crippen LogP contribution is 2.30. The highest BCUT2D eigenvalue weighted by atomic mass is 16.5. The van der Waals surface area contributed by atoms with E-state index < -0.39 is 35.7 Å². The molecular formula is C40H67N5O6. The molecule has 2 aliphatic heterocycles. The summed E-state index contributed by atoms with van der Waals surface area (Å²) in [7, 11) is 4.96. The highest BCUT2D eigenvalue weighted by molar-refractivity contribution is 5.92. The number of amides is 4. The van der Waals surface area contributed by atoms with E-state index in [1.165, 1.54) is 0 Å². The maximum absolute atomic E-state index is 14.2. The van der Waals surface area contributed by atoms with Crippen LogP contribution in [0.4, 0.5) is 0 Å². The van der Waals surface area contributed by atoms with Crippen molar-refractivity contribution in [1.29, 1.82) is 0 Å². The standard InChI is InChI=1S/C40H67N5O6/c1-10-28(4)35(44(7)38(48)34(27(2)3)43-39(49)40(6)22-15-16-23-42-40)32(50-8)26-33(46)45-25-17-20-31(45)36(51-9)29(5)37(47)41-24-21-30-18-13-11-12-14-19-30/h11-14,18-19,27-32,34-36,42H,10,15-17,20-26H2,1-9H3,(H,41,47)(H,43,49)/t28-,29+,31-,32+,34-,35-,36+,40?/m0/s1. The first-order valence-electron chi connectivity index (χ1n) is 19.3. The zero-order valence-corrected chi connectivity index (χ0v) is 32.8. The Morgan fingerprint density at radius 2 is 1.69 bits per heavy atom. The number of carbonyl (C=O) groups is 4. The van der Waals surface area contributed by atoms with Crippen molar-refractivity contribution >= 4 is 23.6 Å². The van der Waals surface area contributed by atoms with Crippen molar-refractivity contribution in [3.05, 3.63) is 36.5 Å². The number of carbonyl (C=O) groups excluding carboxylic acids is 4.